The van der Waals surface area contributed by atoms with Gasteiger partial charge < -0.3 is 14.1 Å². The van der Waals surface area contributed by atoms with E-state index < -0.39 is 0 Å². The van der Waals surface area contributed by atoms with Crippen molar-refractivity contribution >= 4 is 22.1 Å². The highest BCUT2D eigenvalue weighted by atomic mass is 16.5. The molecule has 5 rings (SSSR count). The van der Waals surface area contributed by atoms with E-state index in [4.69, 9.17) is 9.15 Å². The first-order chi connectivity index (χ1) is 13.7. The quantitative estimate of drug-likeness (QED) is 0.469. The summed E-state index contributed by atoms with van der Waals surface area (Å²) in [5.74, 6) is 1.83. The number of rotatable bonds is 4. The molecule has 1 N–H and O–H groups in total. The molecule has 0 saturated carbocycles. The Morgan fingerprint density at radius 1 is 0.929 bits per heavy atom. The molecule has 0 aliphatic heterocycles. The topological polar surface area (TPSA) is 76.8 Å². The van der Waals surface area contributed by atoms with Crippen LogP contribution in [0.2, 0.25) is 0 Å². The predicted octanol–water partition coefficient (Wildman–Crippen LogP) is 5.22. The maximum absolute atomic E-state index is 5.98. The molecular formula is C22H18N4O2. The van der Waals surface area contributed by atoms with E-state index >= 15 is 0 Å². The van der Waals surface area contributed by atoms with Gasteiger partial charge in [0.1, 0.15) is 11.3 Å². The zero-order chi connectivity index (χ0) is 19.1. The maximum atomic E-state index is 5.98. The fourth-order valence-corrected chi connectivity index (χ4v) is 3.17. The van der Waals surface area contributed by atoms with E-state index in [1.54, 1.807) is 6.20 Å². The van der Waals surface area contributed by atoms with Crippen molar-refractivity contribution in [2.24, 2.45) is 0 Å². The summed E-state index contributed by atoms with van der Waals surface area (Å²) in [6, 6.07) is 15.7. The van der Waals surface area contributed by atoms with Crippen molar-refractivity contribution in [3.63, 3.8) is 0 Å². The van der Waals surface area contributed by atoms with Gasteiger partial charge >= 0.3 is 0 Å². The lowest BCUT2D eigenvalue weighted by atomic mass is 10.1. The number of ether oxygens (including phenoxy) is 1. The molecule has 0 atom stereocenters. The Balaban J connectivity index is 1.53. The third-order valence-electron chi connectivity index (χ3n) is 4.40. The van der Waals surface area contributed by atoms with Gasteiger partial charge in [-0.05, 0) is 49.7 Å². The molecule has 0 unspecified atom stereocenters. The number of pyridine rings is 1. The van der Waals surface area contributed by atoms with Crippen LogP contribution < -0.4 is 4.74 Å². The third kappa shape index (κ3) is 2.99. The molecule has 5 aromatic rings. The van der Waals surface area contributed by atoms with E-state index in [-0.39, 0.29) is 6.10 Å². The summed E-state index contributed by atoms with van der Waals surface area (Å²) in [6.07, 6.45) is 3.63. The number of aromatic amines is 1. The minimum Gasteiger partial charge on any atom is -0.489 e. The second-order valence-corrected chi connectivity index (χ2v) is 6.88. The molecule has 0 bridgehead atoms. The van der Waals surface area contributed by atoms with Crippen LogP contribution in [0, 0.1) is 0 Å². The number of aromatic nitrogens is 4. The van der Waals surface area contributed by atoms with Crippen molar-refractivity contribution < 1.29 is 9.15 Å². The first-order valence-electron chi connectivity index (χ1n) is 9.13. The molecule has 2 aromatic carbocycles. The van der Waals surface area contributed by atoms with E-state index in [1.807, 2.05) is 68.6 Å². The van der Waals surface area contributed by atoms with Crippen molar-refractivity contribution in [1.82, 2.24) is 19.9 Å². The number of oxazole rings is 1. The Kier molecular flexibility index (Phi) is 3.83. The van der Waals surface area contributed by atoms with Crippen LogP contribution in [-0.2, 0) is 0 Å². The fraction of sp³-hybridized carbons (Fsp3) is 0.136. The summed E-state index contributed by atoms with van der Waals surface area (Å²) in [5.41, 5.74) is 5.26. The second kappa shape index (κ2) is 6.49. The highest BCUT2D eigenvalue weighted by Gasteiger charge is 2.13. The van der Waals surface area contributed by atoms with E-state index in [1.165, 1.54) is 0 Å². The van der Waals surface area contributed by atoms with Gasteiger partial charge in [0.15, 0.2) is 11.4 Å². The van der Waals surface area contributed by atoms with Gasteiger partial charge in [-0.2, -0.15) is 0 Å². The van der Waals surface area contributed by atoms with Crippen LogP contribution in [0.1, 0.15) is 13.8 Å². The maximum Gasteiger partial charge on any atom is 0.264 e. The van der Waals surface area contributed by atoms with Gasteiger partial charge in [0.05, 0.1) is 23.3 Å². The normalized spacial score (nSPS) is 11.5. The molecule has 138 valence electrons. The van der Waals surface area contributed by atoms with Gasteiger partial charge in [0.2, 0.25) is 0 Å². The molecule has 3 aromatic heterocycles. The standard InChI is InChI=1S/C22H18N4O2/c1-13(2)27-16-9-15(11-23-12-16)14-7-8-19-20(10-14)28-22(26-19)21-24-17-5-3-4-6-18(17)25-21/h3-13H,1-2H3,(H,24,25). The van der Waals surface area contributed by atoms with Crippen LogP contribution >= 0.6 is 0 Å². The lowest BCUT2D eigenvalue weighted by Crippen LogP contribution is -2.05. The zero-order valence-electron chi connectivity index (χ0n) is 15.5. The summed E-state index contributed by atoms with van der Waals surface area (Å²) in [7, 11) is 0. The van der Waals surface area contributed by atoms with Gasteiger partial charge in [0, 0.05) is 11.8 Å². The zero-order valence-corrected chi connectivity index (χ0v) is 15.5. The highest BCUT2D eigenvalue weighted by molar-refractivity contribution is 5.83. The Labute approximate surface area is 161 Å². The molecule has 0 fully saturated rings. The highest BCUT2D eigenvalue weighted by Crippen LogP contribution is 2.29. The van der Waals surface area contributed by atoms with Gasteiger partial charge in [-0.15, -0.1) is 0 Å². The number of H-pyrrole nitrogens is 1. The fourth-order valence-electron chi connectivity index (χ4n) is 3.17. The Bertz CT molecular complexity index is 1250. The monoisotopic (exact) mass is 370 g/mol. The Hall–Kier alpha value is -3.67. The molecule has 6 heteroatoms. The van der Waals surface area contributed by atoms with Crippen LogP contribution in [-0.4, -0.2) is 26.0 Å². The van der Waals surface area contributed by atoms with Crippen LogP contribution in [0.15, 0.2) is 65.3 Å². The number of hydrogen-bond donors (Lipinski definition) is 1. The number of nitrogens with one attached hydrogen (secondary N) is 1. The molecule has 6 nitrogen and oxygen atoms in total. The van der Waals surface area contributed by atoms with Crippen molar-refractivity contribution in [3.8, 4) is 28.6 Å². The van der Waals surface area contributed by atoms with E-state index in [9.17, 15) is 0 Å². The lowest BCUT2D eigenvalue weighted by Gasteiger charge is -2.10. The molecule has 3 heterocycles. The molecule has 0 radical (unpaired) electrons. The number of fused-ring (bicyclic) bond motifs is 2. The molecule has 28 heavy (non-hydrogen) atoms. The number of hydrogen-bond acceptors (Lipinski definition) is 5. The number of para-hydroxylation sites is 2. The summed E-state index contributed by atoms with van der Waals surface area (Å²) in [4.78, 5) is 16.7. The summed E-state index contributed by atoms with van der Waals surface area (Å²) in [5, 5.41) is 0. The molecule has 0 aliphatic carbocycles. The van der Waals surface area contributed by atoms with Gasteiger partial charge in [0.25, 0.3) is 5.89 Å². The summed E-state index contributed by atoms with van der Waals surface area (Å²) >= 11 is 0. The minimum absolute atomic E-state index is 0.0974. The first kappa shape index (κ1) is 16.5. The van der Waals surface area contributed by atoms with Crippen molar-refractivity contribution in [3.05, 3.63) is 60.9 Å². The molecule has 0 aliphatic rings. The van der Waals surface area contributed by atoms with Gasteiger partial charge in [-0.25, -0.2) is 9.97 Å². The molecule has 0 saturated heterocycles. The lowest BCUT2D eigenvalue weighted by molar-refractivity contribution is 0.241. The van der Waals surface area contributed by atoms with E-state index in [0.29, 0.717) is 17.3 Å². The second-order valence-electron chi connectivity index (χ2n) is 6.88. The average Bonchev–Trinajstić information content (AvgIpc) is 3.31. The van der Waals surface area contributed by atoms with Crippen LogP contribution in [0.5, 0.6) is 5.75 Å². The van der Waals surface area contributed by atoms with Crippen molar-refractivity contribution in [1.29, 1.82) is 0 Å². The smallest absolute Gasteiger partial charge is 0.264 e. The van der Waals surface area contributed by atoms with Crippen LogP contribution in [0.3, 0.4) is 0 Å². The molecule has 0 spiro atoms. The third-order valence-corrected chi connectivity index (χ3v) is 4.40. The van der Waals surface area contributed by atoms with Gasteiger partial charge in [-0.3, -0.25) is 4.98 Å². The molecule has 0 amide bonds. The predicted molar refractivity (Wildman–Crippen MR) is 108 cm³/mol. The average molecular weight is 370 g/mol. The Morgan fingerprint density at radius 3 is 2.68 bits per heavy atom. The van der Waals surface area contributed by atoms with E-state index in [0.717, 1.165) is 33.4 Å². The minimum atomic E-state index is 0.0974. The Morgan fingerprint density at radius 2 is 1.82 bits per heavy atom. The first-order valence-corrected chi connectivity index (χ1v) is 9.13. The van der Waals surface area contributed by atoms with Crippen molar-refractivity contribution in [2.45, 2.75) is 20.0 Å². The molecular weight excluding hydrogens is 352 g/mol. The number of nitrogens with zero attached hydrogens (tertiary/aromatic N) is 3. The summed E-state index contributed by atoms with van der Waals surface area (Å²) < 4.78 is 11.7. The van der Waals surface area contributed by atoms with Gasteiger partial charge in [-0.1, -0.05) is 18.2 Å². The van der Waals surface area contributed by atoms with Crippen LogP contribution in [0.25, 0.3) is 45.0 Å². The summed E-state index contributed by atoms with van der Waals surface area (Å²) in [6.45, 7) is 3.99. The number of imidazole rings is 1. The van der Waals surface area contributed by atoms with Crippen molar-refractivity contribution in [2.75, 3.05) is 0 Å². The number of benzene rings is 2. The van der Waals surface area contributed by atoms with E-state index in [2.05, 4.69) is 19.9 Å². The van der Waals surface area contributed by atoms with Crippen LogP contribution in [0.4, 0.5) is 0 Å². The largest absolute Gasteiger partial charge is 0.489 e. The SMILES string of the molecule is CC(C)Oc1cncc(-c2ccc3nc(-c4nc5ccccc5[nH]4)oc3c2)c1.